The number of aryl methyl sites for hydroxylation is 1. The smallest absolute Gasteiger partial charge is 0.156 e. The van der Waals surface area contributed by atoms with E-state index in [1.54, 1.807) is 12.4 Å². The molecule has 4 heteroatoms. The van der Waals surface area contributed by atoms with Crippen LogP contribution < -0.4 is 10.5 Å². The van der Waals surface area contributed by atoms with Crippen molar-refractivity contribution in [3.63, 3.8) is 0 Å². The minimum atomic E-state index is 0.140. The lowest BCUT2D eigenvalue weighted by atomic mass is 10.2. The molecule has 1 aliphatic carbocycles. The van der Waals surface area contributed by atoms with Crippen molar-refractivity contribution >= 4 is 0 Å². The maximum atomic E-state index is 5.89. The van der Waals surface area contributed by atoms with Crippen LogP contribution in [-0.2, 0) is 0 Å². The number of aromatic nitrogens is 2. The summed E-state index contributed by atoms with van der Waals surface area (Å²) in [6, 6.07) is 0.163. The van der Waals surface area contributed by atoms with E-state index in [0.717, 1.165) is 30.8 Å². The highest BCUT2D eigenvalue weighted by Crippen LogP contribution is 2.22. The number of rotatable bonds is 2. The van der Waals surface area contributed by atoms with Gasteiger partial charge in [-0.25, -0.2) is 9.97 Å². The Labute approximate surface area is 83.5 Å². The Kier molecular flexibility index (Phi) is 2.63. The maximum Gasteiger partial charge on any atom is 0.156 e. The number of ether oxygens (including phenoxy) is 1. The lowest BCUT2D eigenvalue weighted by Crippen LogP contribution is -2.33. The molecule has 1 heterocycles. The van der Waals surface area contributed by atoms with Gasteiger partial charge in [-0.05, 0) is 26.2 Å². The summed E-state index contributed by atoms with van der Waals surface area (Å²) in [5.74, 6) is 1.48. The van der Waals surface area contributed by atoms with Crippen LogP contribution in [0.5, 0.6) is 5.75 Å². The Morgan fingerprint density at radius 3 is 2.64 bits per heavy atom. The zero-order valence-electron chi connectivity index (χ0n) is 8.31. The molecule has 1 aliphatic rings. The van der Waals surface area contributed by atoms with Gasteiger partial charge in [-0.3, -0.25) is 0 Å². The second-order valence-electron chi connectivity index (χ2n) is 3.72. The number of hydrogen-bond acceptors (Lipinski definition) is 4. The van der Waals surface area contributed by atoms with E-state index in [1.807, 2.05) is 6.92 Å². The molecular weight excluding hydrogens is 178 g/mol. The Hall–Kier alpha value is -1.16. The van der Waals surface area contributed by atoms with Crippen LogP contribution in [-0.4, -0.2) is 22.1 Å². The van der Waals surface area contributed by atoms with Crippen molar-refractivity contribution in [1.82, 2.24) is 9.97 Å². The number of nitrogens with two attached hydrogens (primary N) is 1. The fourth-order valence-corrected chi connectivity index (χ4v) is 1.72. The standard InChI is InChI=1S/C10H15N3O/c1-7-12-5-8(6-13-7)14-10-4-2-3-9(10)11/h5-6,9-10H,2-4,11H2,1H3/t9-,10+/m1/s1. The minimum Gasteiger partial charge on any atom is -0.486 e. The molecule has 0 radical (unpaired) electrons. The average molecular weight is 193 g/mol. The Morgan fingerprint density at radius 1 is 1.36 bits per heavy atom. The lowest BCUT2D eigenvalue weighted by molar-refractivity contribution is 0.190. The van der Waals surface area contributed by atoms with Crippen molar-refractivity contribution in [3.05, 3.63) is 18.2 Å². The molecule has 0 aromatic carbocycles. The fraction of sp³-hybridized carbons (Fsp3) is 0.600. The molecule has 2 rings (SSSR count). The van der Waals surface area contributed by atoms with E-state index in [4.69, 9.17) is 10.5 Å². The molecule has 0 spiro atoms. The van der Waals surface area contributed by atoms with Gasteiger partial charge in [0.15, 0.2) is 5.75 Å². The quantitative estimate of drug-likeness (QED) is 0.762. The van der Waals surface area contributed by atoms with E-state index in [1.165, 1.54) is 0 Å². The largest absolute Gasteiger partial charge is 0.486 e. The van der Waals surface area contributed by atoms with Crippen LogP contribution in [0.2, 0.25) is 0 Å². The third kappa shape index (κ3) is 2.01. The first-order valence-electron chi connectivity index (χ1n) is 4.96. The van der Waals surface area contributed by atoms with Crippen molar-refractivity contribution in [3.8, 4) is 5.75 Å². The predicted molar refractivity (Wildman–Crippen MR) is 53.0 cm³/mol. The van der Waals surface area contributed by atoms with Crippen LogP contribution in [0, 0.1) is 6.92 Å². The van der Waals surface area contributed by atoms with Gasteiger partial charge in [-0.15, -0.1) is 0 Å². The van der Waals surface area contributed by atoms with Crippen molar-refractivity contribution < 1.29 is 4.74 Å². The molecular formula is C10H15N3O. The highest BCUT2D eigenvalue weighted by atomic mass is 16.5. The monoisotopic (exact) mass is 193 g/mol. The first-order valence-corrected chi connectivity index (χ1v) is 4.96. The van der Waals surface area contributed by atoms with Gasteiger partial charge < -0.3 is 10.5 Å². The summed E-state index contributed by atoms with van der Waals surface area (Å²) in [6.07, 6.45) is 6.78. The molecule has 4 nitrogen and oxygen atoms in total. The molecule has 1 fully saturated rings. The Balaban J connectivity index is 2.00. The van der Waals surface area contributed by atoms with Crippen LogP contribution in [0.1, 0.15) is 25.1 Å². The molecule has 0 saturated heterocycles. The molecule has 1 saturated carbocycles. The second-order valence-corrected chi connectivity index (χ2v) is 3.72. The normalized spacial score (nSPS) is 26.4. The summed E-state index contributed by atoms with van der Waals surface area (Å²) in [5, 5.41) is 0. The molecule has 0 amide bonds. The minimum absolute atomic E-state index is 0.140. The summed E-state index contributed by atoms with van der Waals surface area (Å²) >= 11 is 0. The van der Waals surface area contributed by atoms with E-state index in [9.17, 15) is 0 Å². The Morgan fingerprint density at radius 2 is 2.07 bits per heavy atom. The van der Waals surface area contributed by atoms with Crippen LogP contribution in [0.15, 0.2) is 12.4 Å². The van der Waals surface area contributed by atoms with Crippen LogP contribution >= 0.6 is 0 Å². The lowest BCUT2D eigenvalue weighted by Gasteiger charge is -2.17. The Bertz CT molecular complexity index is 299. The van der Waals surface area contributed by atoms with Crippen molar-refractivity contribution in [2.75, 3.05) is 0 Å². The molecule has 2 N–H and O–H groups in total. The summed E-state index contributed by atoms with van der Waals surface area (Å²) in [5.41, 5.74) is 5.89. The third-order valence-corrected chi connectivity index (χ3v) is 2.55. The molecule has 0 aliphatic heterocycles. The molecule has 0 bridgehead atoms. The average Bonchev–Trinajstić information content (AvgIpc) is 2.56. The zero-order chi connectivity index (χ0) is 9.97. The van der Waals surface area contributed by atoms with Crippen LogP contribution in [0.3, 0.4) is 0 Å². The van der Waals surface area contributed by atoms with Gasteiger partial charge in [0.25, 0.3) is 0 Å². The van der Waals surface area contributed by atoms with Gasteiger partial charge in [0.05, 0.1) is 12.4 Å². The highest BCUT2D eigenvalue weighted by Gasteiger charge is 2.25. The summed E-state index contributed by atoms with van der Waals surface area (Å²) in [7, 11) is 0. The molecule has 1 aromatic rings. The van der Waals surface area contributed by atoms with Gasteiger partial charge in [0.1, 0.15) is 11.9 Å². The van der Waals surface area contributed by atoms with E-state index >= 15 is 0 Å². The molecule has 76 valence electrons. The number of hydrogen-bond donors (Lipinski definition) is 1. The van der Waals surface area contributed by atoms with Crippen molar-refractivity contribution in [2.45, 2.75) is 38.3 Å². The summed E-state index contributed by atoms with van der Waals surface area (Å²) < 4.78 is 5.69. The number of nitrogens with zero attached hydrogens (tertiary/aromatic N) is 2. The van der Waals surface area contributed by atoms with Gasteiger partial charge in [-0.1, -0.05) is 0 Å². The molecule has 2 atom stereocenters. The highest BCUT2D eigenvalue weighted by molar-refractivity contribution is 5.13. The van der Waals surface area contributed by atoms with E-state index in [-0.39, 0.29) is 12.1 Å². The topological polar surface area (TPSA) is 61.0 Å². The van der Waals surface area contributed by atoms with Gasteiger partial charge in [-0.2, -0.15) is 0 Å². The molecule has 0 unspecified atom stereocenters. The van der Waals surface area contributed by atoms with Gasteiger partial charge in [0, 0.05) is 6.04 Å². The molecule has 14 heavy (non-hydrogen) atoms. The van der Waals surface area contributed by atoms with Gasteiger partial charge in [0.2, 0.25) is 0 Å². The second kappa shape index (κ2) is 3.92. The van der Waals surface area contributed by atoms with Gasteiger partial charge >= 0.3 is 0 Å². The van der Waals surface area contributed by atoms with Crippen molar-refractivity contribution in [1.29, 1.82) is 0 Å². The maximum absolute atomic E-state index is 5.89. The van der Waals surface area contributed by atoms with Crippen molar-refractivity contribution in [2.24, 2.45) is 5.73 Å². The van der Waals surface area contributed by atoms with Crippen LogP contribution in [0.4, 0.5) is 0 Å². The van der Waals surface area contributed by atoms with Crippen LogP contribution in [0.25, 0.3) is 0 Å². The molecule has 1 aromatic heterocycles. The van der Waals surface area contributed by atoms with E-state index in [0.29, 0.717) is 0 Å². The first-order chi connectivity index (χ1) is 6.75. The summed E-state index contributed by atoms with van der Waals surface area (Å²) in [4.78, 5) is 8.14. The fourth-order valence-electron chi connectivity index (χ4n) is 1.72. The SMILES string of the molecule is Cc1ncc(O[C@H]2CCC[C@H]2N)cn1. The zero-order valence-corrected chi connectivity index (χ0v) is 8.31. The van der Waals surface area contributed by atoms with E-state index in [2.05, 4.69) is 9.97 Å². The summed E-state index contributed by atoms with van der Waals surface area (Å²) in [6.45, 7) is 1.85. The third-order valence-electron chi connectivity index (χ3n) is 2.55. The van der Waals surface area contributed by atoms with E-state index < -0.39 is 0 Å². The first kappa shape index (κ1) is 9.40. The predicted octanol–water partition coefficient (Wildman–Crippen LogP) is 1.04.